The SMILES string of the molecule is COc1ccc(OCC(O)[C@@H]2CCCN2C(=O)[C@@H]2CCCN2)cc1.Cl. The third-order valence-electron chi connectivity index (χ3n) is 4.87. The van der Waals surface area contributed by atoms with Gasteiger partial charge in [0.2, 0.25) is 5.91 Å². The van der Waals surface area contributed by atoms with Crippen LogP contribution in [0.5, 0.6) is 11.5 Å². The monoisotopic (exact) mass is 370 g/mol. The summed E-state index contributed by atoms with van der Waals surface area (Å²) in [7, 11) is 1.62. The van der Waals surface area contributed by atoms with Crippen LogP contribution in [0.3, 0.4) is 0 Å². The van der Waals surface area contributed by atoms with Gasteiger partial charge in [0.05, 0.1) is 19.2 Å². The molecule has 140 valence electrons. The van der Waals surface area contributed by atoms with Crippen LogP contribution in [0, 0.1) is 0 Å². The molecule has 2 saturated heterocycles. The number of ether oxygens (including phenoxy) is 2. The molecule has 1 unspecified atom stereocenters. The van der Waals surface area contributed by atoms with Crippen LogP contribution < -0.4 is 14.8 Å². The van der Waals surface area contributed by atoms with E-state index in [9.17, 15) is 9.90 Å². The van der Waals surface area contributed by atoms with Crippen molar-refractivity contribution in [2.45, 2.75) is 43.9 Å². The normalized spacial score (nSPS) is 23.8. The summed E-state index contributed by atoms with van der Waals surface area (Å²) in [6, 6.07) is 7.02. The van der Waals surface area contributed by atoms with Crippen LogP contribution in [0.15, 0.2) is 24.3 Å². The molecule has 2 aliphatic heterocycles. The molecule has 0 bridgehead atoms. The lowest BCUT2D eigenvalue weighted by Crippen LogP contribution is -2.50. The van der Waals surface area contributed by atoms with Gasteiger partial charge in [-0.15, -0.1) is 12.4 Å². The number of halogens is 1. The Balaban J connectivity index is 0.00000225. The van der Waals surface area contributed by atoms with Gasteiger partial charge >= 0.3 is 0 Å². The molecule has 3 atom stereocenters. The number of methoxy groups -OCH3 is 1. The number of carbonyl (C=O) groups excluding carboxylic acids is 1. The van der Waals surface area contributed by atoms with E-state index < -0.39 is 6.10 Å². The number of nitrogens with zero attached hydrogens (tertiary/aromatic N) is 1. The summed E-state index contributed by atoms with van der Waals surface area (Å²) >= 11 is 0. The largest absolute Gasteiger partial charge is 0.497 e. The zero-order valence-electron chi connectivity index (χ0n) is 14.5. The van der Waals surface area contributed by atoms with Crippen molar-refractivity contribution in [3.8, 4) is 11.5 Å². The summed E-state index contributed by atoms with van der Waals surface area (Å²) in [5.41, 5.74) is 0. The quantitative estimate of drug-likeness (QED) is 0.796. The number of rotatable bonds is 6. The molecule has 7 heteroatoms. The van der Waals surface area contributed by atoms with E-state index in [0.29, 0.717) is 5.75 Å². The van der Waals surface area contributed by atoms with Crippen molar-refractivity contribution < 1.29 is 19.4 Å². The summed E-state index contributed by atoms with van der Waals surface area (Å²) in [5, 5.41) is 13.8. The van der Waals surface area contributed by atoms with Crippen molar-refractivity contribution in [3.05, 3.63) is 24.3 Å². The molecule has 1 amide bonds. The van der Waals surface area contributed by atoms with Crippen molar-refractivity contribution in [3.63, 3.8) is 0 Å². The molecule has 2 heterocycles. The van der Waals surface area contributed by atoms with Crippen LogP contribution in [-0.2, 0) is 4.79 Å². The molecule has 3 rings (SSSR count). The van der Waals surface area contributed by atoms with Crippen LogP contribution in [0.2, 0.25) is 0 Å². The molecule has 0 saturated carbocycles. The van der Waals surface area contributed by atoms with E-state index in [-0.39, 0.29) is 37.0 Å². The molecule has 1 aromatic carbocycles. The van der Waals surface area contributed by atoms with E-state index in [0.717, 1.165) is 44.5 Å². The van der Waals surface area contributed by atoms with Crippen molar-refractivity contribution in [2.75, 3.05) is 26.8 Å². The van der Waals surface area contributed by atoms with Gasteiger partial charge in [0.25, 0.3) is 0 Å². The number of amides is 1. The van der Waals surface area contributed by atoms with E-state index in [1.807, 2.05) is 29.2 Å². The minimum atomic E-state index is -0.681. The first kappa shape index (κ1) is 19.8. The zero-order chi connectivity index (χ0) is 16.9. The summed E-state index contributed by atoms with van der Waals surface area (Å²) in [6.45, 7) is 1.80. The van der Waals surface area contributed by atoms with E-state index in [4.69, 9.17) is 9.47 Å². The van der Waals surface area contributed by atoms with E-state index in [2.05, 4.69) is 5.32 Å². The standard InChI is InChI=1S/C18H26N2O4.ClH/c1-23-13-6-8-14(9-7-13)24-12-17(21)16-5-3-11-20(16)18(22)15-4-2-10-19-15;/h6-9,15-17,19,21H,2-5,10-12H2,1H3;1H/t15-,16-,17?;/m0./s1. The lowest BCUT2D eigenvalue weighted by molar-refractivity contribution is -0.136. The number of aliphatic hydroxyl groups excluding tert-OH is 1. The first-order valence-electron chi connectivity index (χ1n) is 8.68. The zero-order valence-corrected chi connectivity index (χ0v) is 15.3. The summed E-state index contributed by atoms with van der Waals surface area (Å²) in [4.78, 5) is 14.4. The molecular formula is C18H27ClN2O4. The van der Waals surface area contributed by atoms with E-state index in [1.165, 1.54) is 0 Å². The van der Waals surface area contributed by atoms with Gasteiger partial charge in [0, 0.05) is 6.54 Å². The van der Waals surface area contributed by atoms with Crippen LogP contribution in [-0.4, -0.2) is 60.9 Å². The molecule has 25 heavy (non-hydrogen) atoms. The molecule has 2 aliphatic rings. The summed E-state index contributed by atoms with van der Waals surface area (Å²) < 4.78 is 10.8. The Hall–Kier alpha value is -1.50. The van der Waals surface area contributed by atoms with Gasteiger partial charge in [-0.3, -0.25) is 4.79 Å². The molecule has 0 spiro atoms. The van der Waals surface area contributed by atoms with Gasteiger partial charge in [-0.2, -0.15) is 0 Å². The van der Waals surface area contributed by atoms with Gasteiger partial charge in [-0.25, -0.2) is 0 Å². The highest BCUT2D eigenvalue weighted by atomic mass is 35.5. The van der Waals surface area contributed by atoms with Crippen LogP contribution in [0.4, 0.5) is 0 Å². The second-order valence-corrected chi connectivity index (χ2v) is 6.44. The Labute approximate surface area is 154 Å². The maximum Gasteiger partial charge on any atom is 0.240 e. The average molecular weight is 371 g/mol. The van der Waals surface area contributed by atoms with Gasteiger partial charge in [0.15, 0.2) is 0 Å². The van der Waals surface area contributed by atoms with Crippen molar-refractivity contribution in [1.29, 1.82) is 0 Å². The fourth-order valence-corrected chi connectivity index (χ4v) is 3.53. The summed E-state index contributed by atoms with van der Waals surface area (Å²) in [6.07, 6.45) is 3.01. The maximum absolute atomic E-state index is 12.6. The number of hydrogen-bond donors (Lipinski definition) is 2. The second kappa shape index (κ2) is 9.27. The average Bonchev–Trinajstić information content (AvgIpc) is 3.31. The highest BCUT2D eigenvalue weighted by Crippen LogP contribution is 2.24. The molecule has 2 fully saturated rings. The Morgan fingerprint density at radius 3 is 2.64 bits per heavy atom. The third kappa shape index (κ3) is 4.77. The van der Waals surface area contributed by atoms with Crippen molar-refractivity contribution in [2.24, 2.45) is 0 Å². The minimum absolute atomic E-state index is 0. The second-order valence-electron chi connectivity index (χ2n) is 6.44. The molecule has 2 N–H and O–H groups in total. The van der Waals surface area contributed by atoms with Gasteiger partial charge in [0.1, 0.15) is 24.2 Å². The fraction of sp³-hybridized carbons (Fsp3) is 0.611. The Morgan fingerprint density at radius 1 is 1.28 bits per heavy atom. The lowest BCUT2D eigenvalue weighted by atomic mass is 10.1. The molecule has 0 radical (unpaired) electrons. The highest BCUT2D eigenvalue weighted by Gasteiger charge is 2.37. The molecule has 6 nitrogen and oxygen atoms in total. The number of likely N-dealkylation sites (tertiary alicyclic amines) is 1. The summed E-state index contributed by atoms with van der Waals surface area (Å²) in [5.74, 6) is 1.57. The predicted octanol–water partition coefficient (Wildman–Crippen LogP) is 1.60. The Kier molecular flexibility index (Phi) is 7.35. The number of carbonyl (C=O) groups is 1. The molecule has 1 aromatic rings. The van der Waals surface area contributed by atoms with Crippen molar-refractivity contribution >= 4 is 18.3 Å². The first-order valence-corrected chi connectivity index (χ1v) is 8.68. The molecule has 0 aliphatic carbocycles. The predicted molar refractivity (Wildman–Crippen MR) is 97.5 cm³/mol. The van der Waals surface area contributed by atoms with E-state index in [1.54, 1.807) is 7.11 Å². The van der Waals surface area contributed by atoms with Gasteiger partial charge in [-0.05, 0) is 56.5 Å². The van der Waals surface area contributed by atoms with Crippen LogP contribution in [0.25, 0.3) is 0 Å². The van der Waals surface area contributed by atoms with Crippen molar-refractivity contribution in [1.82, 2.24) is 10.2 Å². The van der Waals surface area contributed by atoms with Gasteiger partial charge in [-0.1, -0.05) is 0 Å². The number of aliphatic hydroxyl groups is 1. The Bertz CT molecular complexity index is 549. The fourth-order valence-electron chi connectivity index (χ4n) is 3.53. The van der Waals surface area contributed by atoms with Crippen LogP contribution >= 0.6 is 12.4 Å². The highest BCUT2D eigenvalue weighted by molar-refractivity contribution is 5.85. The number of hydrogen-bond acceptors (Lipinski definition) is 5. The number of nitrogens with one attached hydrogen (secondary N) is 1. The smallest absolute Gasteiger partial charge is 0.240 e. The van der Waals surface area contributed by atoms with Gasteiger partial charge < -0.3 is 24.8 Å². The first-order chi connectivity index (χ1) is 11.7. The molecule has 0 aromatic heterocycles. The third-order valence-corrected chi connectivity index (χ3v) is 4.87. The molecular weight excluding hydrogens is 344 g/mol. The lowest BCUT2D eigenvalue weighted by Gasteiger charge is -2.30. The minimum Gasteiger partial charge on any atom is -0.497 e. The van der Waals surface area contributed by atoms with E-state index >= 15 is 0 Å². The van der Waals surface area contributed by atoms with Crippen LogP contribution in [0.1, 0.15) is 25.7 Å². The maximum atomic E-state index is 12.6. The topological polar surface area (TPSA) is 71.0 Å². The Morgan fingerprint density at radius 2 is 2.00 bits per heavy atom. The number of benzene rings is 1.